The van der Waals surface area contributed by atoms with E-state index in [1.54, 1.807) is 12.3 Å². The van der Waals surface area contributed by atoms with Gasteiger partial charge in [-0.2, -0.15) is 0 Å². The van der Waals surface area contributed by atoms with Gasteiger partial charge in [0.25, 0.3) is 5.56 Å². The monoisotopic (exact) mass is 460 g/mol. The molecule has 0 bridgehead atoms. The SMILES string of the molecule is CN1CCN(c2ccc(N=Cc3c(O)[nH]c(=O)c4ccc(/C=C/CCCCO)cc34)cc2)CC1. The van der Waals surface area contributed by atoms with Crippen LogP contribution < -0.4 is 10.5 Å². The van der Waals surface area contributed by atoms with Gasteiger partial charge in [0.15, 0.2) is 0 Å². The maximum atomic E-state index is 12.4. The molecule has 2 heterocycles. The topological polar surface area (TPSA) is 92.2 Å². The largest absolute Gasteiger partial charge is 0.494 e. The molecule has 0 spiro atoms. The van der Waals surface area contributed by atoms with E-state index in [1.165, 1.54) is 5.69 Å². The number of hydrogen-bond acceptors (Lipinski definition) is 6. The molecule has 2 aromatic carbocycles. The van der Waals surface area contributed by atoms with Crippen molar-refractivity contribution in [3.8, 4) is 5.88 Å². The Morgan fingerprint density at radius 1 is 1.03 bits per heavy atom. The van der Waals surface area contributed by atoms with E-state index in [0.29, 0.717) is 16.3 Å². The van der Waals surface area contributed by atoms with Gasteiger partial charge in [0.1, 0.15) is 0 Å². The summed E-state index contributed by atoms with van der Waals surface area (Å²) in [6.07, 6.45) is 8.23. The Hall–Kier alpha value is -3.42. The minimum Gasteiger partial charge on any atom is -0.494 e. The molecule has 0 radical (unpaired) electrons. The summed E-state index contributed by atoms with van der Waals surface area (Å²) in [5.74, 6) is -0.195. The van der Waals surface area contributed by atoms with Crippen molar-refractivity contribution in [2.24, 2.45) is 4.99 Å². The van der Waals surface area contributed by atoms with Crippen LogP contribution in [-0.4, -0.2) is 66.1 Å². The molecule has 0 atom stereocenters. The van der Waals surface area contributed by atoms with Crippen LogP contribution in [0.2, 0.25) is 0 Å². The first-order valence-electron chi connectivity index (χ1n) is 11.8. The van der Waals surface area contributed by atoms with E-state index in [-0.39, 0.29) is 18.0 Å². The first-order valence-corrected chi connectivity index (χ1v) is 11.8. The highest BCUT2D eigenvalue weighted by molar-refractivity contribution is 6.02. The Balaban J connectivity index is 1.56. The van der Waals surface area contributed by atoms with E-state index in [9.17, 15) is 9.90 Å². The van der Waals surface area contributed by atoms with Gasteiger partial charge in [-0.1, -0.05) is 18.2 Å². The summed E-state index contributed by atoms with van der Waals surface area (Å²) in [6, 6.07) is 13.6. The number of nitrogens with one attached hydrogen (secondary N) is 1. The van der Waals surface area contributed by atoms with E-state index < -0.39 is 0 Å². The number of anilines is 1. The van der Waals surface area contributed by atoms with E-state index >= 15 is 0 Å². The molecule has 4 rings (SSSR count). The molecule has 178 valence electrons. The number of rotatable bonds is 8. The molecule has 1 aromatic heterocycles. The van der Waals surface area contributed by atoms with E-state index in [0.717, 1.165) is 56.7 Å². The Kier molecular flexibility index (Phi) is 7.77. The highest BCUT2D eigenvalue weighted by Crippen LogP contribution is 2.25. The van der Waals surface area contributed by atoms with Crippen molar-refractivity contribution in [3.05, 3.63) is 70.0 Å². The molecule has 1 aliphatic rings. The van der Waals surface area contributed by atoms with Gasteiger partial charge in [0.05, 0.1) is 11.3 Å². The third-order valence-electron chi connectivity index (χ3n) is 6.22. The molecule has 7 nitrogen and oxygen atoms in total. The summed E-state index contributed by atoms with van der Waals surface area (Å²) in [5.41, 5.74) is 3.04. The lowest BCUT2D eigenvalue weighted by atomic mass is 10.0. The van der Waals surface area contributed by atoms with Crippen molar-refractivity contribution in [1.82, 2.24) is 9.88 Å². The maximum absolute atomic E-state index is 12.4. The van der Waals surface area contributed by atoms with E-state index in [2.05, 4.69) is 45.0 Å². The van der Waals surface area contributed by atoms with Gasteiger partial charge < -0.3 is 20.0 Å². The lowest BCUT2D eigenvalue weighted by Crippen LogP contribution is -2.44. The Morgan fingerprint density at radius 2 is 1.79 bits per heavy atom. The average molecular weight is 461 g/mol. The van der Waals surface area contributed by atoms with Gasteiger partial charge >= 0.3 is 0 Å². The zero-order chi connectivity index (χ0) is 23.9. The number of aliphatic hydroxyl groups excluding tert-OH is 1. The Labute approximate surface area is 199 Å². The first kappa shape index (κ1) is 23.7. The average Bonchev–Trinajstić information content (AvgIpc) is 2.84. The molecule has 7 heteroatoms. The molecule has 1 saturated heterocycles. The number of pyridine rings is 1. The highest BCUT2D eigenvalue weighted by Gasteiger charge is 2.14. The summed E-state index contributed by atoms with van der Waals surface area (Å²) < 4.78 is 0. The van der Waals surface area contributed by atoms with Gasteiger partial charge in [0.2, 0.25) is 5.88 Å². The minimum atomic E-state index is -0.334. The van der Waals surface area contributed by atoms with Gasteiger partial charge in [-0.3, -0.25) is 14.8 Å². The maximum Gasteiger partial charge on any atom is 0.258 e. The predicted molar refractivity (Wildman–Crippen MR) is 140 cm³/mol. The quantitative estimate of drug-likeness (QED) is 0.350. The van der Waals surface area contributed by atoms with Crippen LogP contribution in [0.4, 0.5) is 11.4 Å². The number of aromatic nitrogens is 1. The van der Waals surface area contributed by atoms with E-state index in [4.69, 9.17) is 5.11 Å². The van der Waals surface area contributed by atoms with E-state index in [1.807, 2.05) is 30.3 Å². The van der Waals surface area contributed by atoms with Crippen LogP contribution in [0, 0.1) is 0 Å². The van der Waals surface area contributed by atoms with Crippen LogP contribution in [-0.2, 0) is 0 Å². The molecule has 1 fully saturated rings. The number of hydrogen-bond donors (Lipinski definition) is 3. The lowest BCUT2D eigenvalue weighted by molar-refractivity contribution is 0.285. The van der Waals surface area contributed by atoms with Crippen molar-refractivity contribution in [1.29, 1.82) is 0 Å². The van der Waals surface area contributed by atoms with Crippen LogP contribution in [0.3, 0.4) is 0 Å². The highest BCUT2D eigenvalue weighted by atomic mass is 16.3. The molecule has 3 N–H and O–H groups in total. The van der Waals surface area contributed by atoms with Crippen molar-refractivity contribution in [2.45, 2.75) is 19.3 Å². The van der Waals surface area contributed by atoms with Crippen LogP contribution in [0.15, 0.2) is 58.3 Å². The summed E-state index contributed by atoms with van der Waals surface area (Å²) in [4.78, 5) is 24.1. The number of aliphatic imine (C=N–C) groups is 1. The molecular formula is C27H32N4O3. The second-order valence-corrected chi connectivity index (χ2v) is 8.71. The fraction of sp³-hybridized carbons (Fsp3) is 0.333. The smallest absolute Gasteiger partial charge is 0.258 e. The van der Waals surface area contributed by atoms with Gasteiger partial charge in [-0.25, -0.2) is 0 Å². The molecule has 0 amide bonds. The molecule has 1 aliphatic heterocycles. The number of piperazine rings is 1. The third-order valence-corrected chi connectivity index (χ3v) is 6.22. The van der Waals surface area contributed by atoms with Crippen molar-refractivity contribution >= 4 is 34.4 Å². The number of unbranched alkanes of at least 4 members (excludes halogenated alkanes) is 2. The van der Waals surface area contributed by atoms with Crippen molar-refractivity contribution < 1.29 is 10.2 Å². The van der Waals surface area contributed by atoms with Crippen LogP contribution in [0.5, 0.6) is 5.88 Å². The number of nitrogens with zero attached hydrogens (tertiary/aromatic N) is 3. The number of fused-ring (bicyclic) bond motifs is 1. The summed E-state index contributed by atoms with van der Waals surface area (Å²) in [5, 5.41) is 20.5. The molecule has 34 heavy (non-hydrogen) atoms. The van der Waals surface area contributed by atoms with Crippen LogP contribution >= 0.6 is 0 Å². The number of likely N-dealkylation sites (N-methyl/N-ethyl adjacent to an activating group) is 1. The zero-order valence-corrected chi connectivity index (χ0v) is 19.6. The number of allylic oxidation sites excluding steroid dienone is 1. The zero-order valence-electron chi connectivity index (χ0n) is 19.6. The fourth-order valence-electron chi connectivity index (χ4n) is 4.13. The predicted octanol–water partition coefficient (Wildman–Crippen LogP) is 3.91. The van der Waals surface area contributed by atoms with Crippen LogP contribution in [0.1, 0.15) is 30.4 Å². The van der Waals surface area contributed by atoms with Crippen molar-refractivity contribution in [3.63, 3.8) is 0 Å². The normalized spacial score (nSPS) is 15.2. The van der Waals surface area contributed by atoms with Gasteiger partial charge in [-0.05, 0) is 68.3 Å². The third kappa shape index (κ3) is 5.73. The standard InChI is InChI=1S/C27H32N4O3/c1-30-13-15-31(16-14-30)22-10-8-21(9-11-22)28-19-25-24-18-20(6-4-2-3-5-17-32)7-12-23(24)26(33)29-27(25)34/h4,6-12,18-19,32H,2-3,5,13-17H2,1H3,(H2,29,33,34)/b6-4+,28-19?. The molecule has 0 aliphatic carbocycles. The summed E-state index contributed by atoms with van der Waals surface area (Å²) in [7, 11) is 2.14. The molecular weight excluding hydrogens is 428 g/mol. The van der Waals surface area contributed by atoms with Gasteiger partial charge in [0, 0.05) is 55.5 Å². The second-order valence-electron chi connectivity index (χ2n) is 8.71. The molecule has 0 saturated carbocycles. The lowest BCUT2D eigenvalue weighted by Gasteiger charge is -2.34. The summed E-state index contributed by atoms with van der Waals surface area (Å²) in [6.45, 7) is 4.33. The van der Waals surface area contributed by atoms with Gasteiger partial charge in [-0.15, -0.1) is 0 Å². The first-order chi connectivity index (χ1) is 16.5. The fourth-order valence-corrected chi connectivity index (χ4v) is 4.13. The summed E-state index contributed by atoms with van der Waals surface area (Å²) >= 11 is 0. The second kappa shape index (κ2) is 11.1. The van der Waals surface area contributed by atoms with Crippen molar-refractivity contribution in [2.75, 3.05) is 44.7 Å². The number of aromatic amines is 1. The minimum absolute atomic E-state index is 0.195. The number of benzene rings is 2. The molecule has 0 unspecified atom stereocenters. The Morgan fingerprint density at radius 3 is 2.53 bits per heavy atom. The number of H-pyrrole nitrogens is 1. The Bertz CT molecular complexity index is 1220. The number of aliphatic hydroxyl groups is 1. The van der Waals surface area contributed by atoms with Crippen LogP contribution in [0.25, 0.3) is 16.8 Å². The number of aromatic hydroxyl groups is 1. The molecule has 3 aromatic rings.